The first kappa shape index (κ1) is 14.1. The predicted octanol–water partition coefficient (Wildman–Crippen LogP) is 2.29. The van der Waals surface area contributed by atoms with Gasteiger partial charge in [-0.15, -0.1) is 0 Å². The van der Waals surface area contributed by atoms with E-state index in [2.05, 4.69) is 23.3 Å². The van der Waals surface area contributed by atoms with Crippen LogP contribution in [0.2, 0.25) is 0 Å². The van der Waals surface area contributed by atoms with Crippen LogP contribution >= 0.6 is 0 Å². The van der Waals surface area contributed by atoms with E-state index < -0.39 is 0 Å². The smallest absolute Gasteiger partial charge is 0.252 e. The number of likely N-dealkylation sites (tertiary alicyclic amines) is 1. The number of anilines is 1. The number of nitrogens with one attached hydrogen (secondary N) is 1. The van der Waals surface area contributed by atoms with Crippen LogP contribution in [0.25, 0.3) is 10.9 Å². The van der Waals surface area contributed by atoms with Crippen LogP contribution < -0.4 is 10.9 Å². The van der Waals surface area contributed by atoms with Crippen molar-refractivity contribution in [1.82, 2.24) is 9.47 Å². The third-order valence-corrected chi connectivity index (χ3v) is 4.57. The Morgan fingerprint density at radius 1 is 1.19 bits per heavy atom. The number of piperidine rings is 1. The summed E-state index contributed by atoms with van der Waals surface area (Å²) in [5.41, 5.74) is 1.99. The highest BCUT2D eigenvalue weighted by Gasteiger charge is 2.16. The van der Waals surface area contributed by atoms with E-state index in [-0.39, 0.29) is 5.56 Å². The van der Waals surface area contributed by atoms with Crippen LogP contribution in [-0.4, -0.2) is 36.1 Å². The minimum absolute atomic E-state index is 0.0413. The summed E-state index contributed by atoms with van der Waals surface area (Å²) < 4.78 is 1.70. The molecule has 1 saturated heterocycles. The standard InChI is InChI=1S/C17H23N3O/c1-19-9-7-13(8-10-19)12-18-15-11-17(21)20(2)16-6-4-3-5-14(15)16/h3-6,11,13,18H,7-10,12H2,1-2H3. The highest BCUT2D eigenvalue weighted by atomic mass is 16.1. The Balaban J connectivity index is 1.81. The van der Waals surface area contributed by atoms with E-state index in [0.29, 0.717) is 5.92 Å². The van der Waals surface area contributed by atoms with E-state index >= 15 is 0 Å². The molecule has 4 nitrogen and oxygen atoms in total. The van der Waals surface area contributed by atoms with E-state index in [4.69, 9.17) is 0 Å². The van der Waals surface area contributed by atoms with Gasteiger partial charge in [0.2, 0.25) is 0 Å². The molecule has 1 aliphatic rings. The molecule has 0 aliphatic carbocycles. The molecule has 0 bridgehead atoms. The number of para-hydroxylation sites is 1. The Morgan fingerprint density at radius 3 is 2.67 bits per heavy atom. The van der Waals surface area contributed by atoms with Gasteiger partial charge < -0.3 is 14.8 Å². The van der Waals surface area contributed by atoms with E-state index in [1.54, 1.807) is 10.6 Å². The van der Waals surface area contributed by atoms with E-state index in [1.807, 2.05) is 25.2 Å². The summed E-state index contributed by atoms with van der Waals surface area (Å²) in [6.07, 6.45) is 2.46. The van der Waals surface area contributed by atoms with Crippen LogP contribution in [0.4, 0.5) is 5.69 Å². The molecule has 0 atom stereocenters. The maximum atomic E-state index is 12.1. The molecule has 112 valence electrons. The third-order valence-electron chi connectivity index (χ3n) is 4.57. The largest absolute Gasteiger partial charge is 0.384 e. The molecule has 4 heteroatoms. The van der Waals surface area contributed by atoms with Crippen LogP contribution in [0.5, 0.6) is 0 Å². The number of aromatic nitrogens is 1. The first-order chi connectivity index (χ1) is 10.1. The van der Waals surface area contributed by atoms with Crippen LogP contribution in [0, 0.1) is 5.92 Å². The second-order valence-electron chi connectivity index (χ2n) is 6.10. The van der Waals surface area contributed by atoms with Gasteiger partial charge in [-0.25, -0.2) is 0 Å². The molecule has 1 fully saturated rings. The molecule has 0 spiro atoms. The minimum Gasteiger partial charge on any atom is -0.384 e. The number of fused-ring (bicyclic) bond motifs is 1. The van der Waals surface area contributed by atoms with Gasteiger partial charge in [0.15, 0.2) is 0 Å². The normalized spacial score (nSPS) is 17.2. The van der Waals surface area contributed by atoms with Crippen LogP contribution in [0.3, 0.4) is 0 Å². The lowest BCUT2D eigenvalue weighted by atomic mass is 9.97. The number of aryl methyl sites for hydroxylation is 1. The van der Waals surface area contributed by atoms with Gasteiger partial charge in [-0.3, -0.25) is 4.79 Å². The number of benzene rings is 1. The zero-order valence-electron chi connectivity index (χ0n) is 12.8. The molecule has 1 aromatic carbocycles. The lowest BCUT2D eigenvalue weighted by Crippen LogP contribution is -2.33. The zero-order chi connectivity index (χ0) is 14.8. The summed E-state index contributed by atoms with van der Waals surface area (Å²) in [6.45, 7) is 3.29. The van der Waals surface area contributed by atoms with Gasteiger partial charge in [0, 0.05) is 30.7 Å². The number of pyridine rings is 1. The quantitative estimate of drug-likeness (QED) is 0.940. The summed E-state index contributed by atoms with van der Waals surface area (Å²) in [5, 5.41) is 4.63. The molecule has 2 aromatic rings. The molecule has 3 rings (SSSR count). The van der Waals surface area contributed by atoms with Gasteiger partial charge in [-0.1, -0.05) is 18.2 Å². The topological polar surface area (TPSA) is 37.3 Å². The van der Waals surface area contributed by atoms with Gasteiger partial charge in [0.25, 0.3) is 5.56 Å². The molecule has 0 unspecified atom stereocenters. The summed E-state index contributed by atoms with van der Waals surface area (Å²) in [7, 11) is 4.00. The van der Waals surface area contributed by atoms with Crippen LogP contribution in [0.1, 0.15) is 12.8 Å². The van der Waals surface area contributed by atoms with Crippen molar-refractivity contribution in [3.8, 4) is 0 Å². The van der Waals surface area contributed by atoms with Crippen molar-refractivity contribution in [1.29, 1.82) is 0 Å². The maximum absolute atomic E-state index is 12.1. The molecule has 0 amide bonds. The first-order valence-electron chi connectivity index (χ1n) is 7.66. The SMILES string of the molecule is CN1CCC(CNc2cc(=O)n(C)c3ccccc23)CC1. The second-order valence-corrected chi connectivity index (χ2v) is 6.10. The highest BCUT2D eigenvalue weighted by molar-refractivity contribution is 5.91. The van der Waals surface area contributed by atoms with Gasteiger partial charge in [0.1, 0.15) is 0 Å². The average molecular weight is 285 g/mol. The molecular formula is C17H23N3O. The Morgan fingerprint density at radius 2 is 1.90 bits per heavy atom. The van der Waals surface area contributed by atoms with E-state index in [0.717, 1.165) is 23.1 Å². The summed E-state index contributed by atoms with van der Waals surface area (Å²) in [4.78, 5) is 14.4. The molecule has 2 heterocycles. The predicted molar refractivity (Wildman–Crippen MR) is 87.9 cm³/mol. The van der Waals surface area contributed by atoms with Crippen LogP contribution in [-0.2, 0) is 7.05 Å². The fourth-order valence-electron chi connectivity index (χ4n) is 3.08. The Hall–Kier alpha value is -1.81. The Labute approximate surface area is 125 Å². The van der Waals surface area contributed by atoms with Crippen molar-refractivity contribution in [3.63, 3.8) is 0 Å². The average Bonchev–Trinajstić information content (AvgIpc) is 2.51. The summed E-state index contributed by atoms with van der Waals surface area (Å²) in [5.74, 6) is 0.698. The fraction of sp³-hybridized carbons (Fsp3) is 0.471. The molecule has 1 N–H and O–H groups in total. The fourth-order valence-corrected chi connectivity index (χ4v) is 3.08. The van der Waals surface area contributed by atoms with Crippen molar-refractivity contribution in [2.24, 2.45) is 13.0 Å². The molecule has 1 aromatic heterocycles. The van der Waals surface area contributed by atoms with Crippen LogP contribution in [0.15, 0.2) is 35.1 Å². The van der Waals surface area contributed by atoms with Gasteiger partial charge in [-0.2, -0.15) is 0 Å². The van der Waals surface area contributed by atoms with E-state index in [1.165, 1.54) is 25.9 Å². The maximum Gasteiger partial charge on any atom is 0.252 e. The minimum atomic E-state index is 0.0413. The number of hydrogen-bond donors (Lipinski definition) is 1. The third kappa shape index (κ3) is 2.95. The molecular weight excluding hydrogens is 262 g/mol. The second kappa shape index (κ2) is 5.90. The number of rotatable bonds is 3. The van der Waals surface area contributed by atoms with Gasteiger partial charge in [-0.05, 0) is 45.0 Å². The summed E-state index contributed by atoms with van der Waals surface area (Å²) in [6, 6.07) is 9.79. The highest BCUT2D eigenvalue weighted by Crippen LogP contribution is 2.22. The van der Waals surface area contributed by atoms with Crippen molar-refractivity contribution < 1.29 is 0 Å². The first-order valence-corrected chi connectivity index (χ1v) is 7.66. The number of nitrogens with zero attached hydrogens (tertiary/aromatic N) is 2. The Kier molecular flexibility index (Phi) is 3.97. The lowest BCUT2D eigenvalue weighted by Gasteiger charge is -2.29. The van der Waals surface area contributed by atoms with Gasteiger partial charge in [0.05, 0.1) is 5.52 Å². The lowest BCUT2D eigenvalue weighted by molar-refractivity contribution is 0.226. The molecule has 1 aliphatic heterocycles. The van der Waals surface area contributed by atoms with Crippen molar-refractivity contribution in [2.75, 3.05) is 32.0 Å². The molecule has 0 radical (unpaired) electrons. The molecule has 0 saturated carbocycles. The zero-order valence-corrected chi connectivity index (χ0v) is 12.8. The van der Waals surface area contributed by atoms with Crippen molar-refractivity contribution in [2.45, 2.75) is 12.8 Å². The number of hydrogen-bond acceptors (Lipinski definition) is 3. The van der Waals surface area contributed by atoms with Crippen molar-refractivity contribution >= 4 is 16.6 Å². The monoisotopic (exact) mass is 285 g/mol. The molecule has 21 heavy (non-hydrogen) atoms. The summed E-state index contributed by atoms with van der Waals surface area (Å²) >= 11 is 0. The van der Waals surface area contributed by atoms with E-state index in [9.17, 15) is 4.79 Å². The van der Waals surface area contributed by atoms with Crippen molar-refractivity contribution in [3.05, 3.63) is 40.7 Å². The Bertz CT molecular complexity index is 684. The van der Waals surface area contributed by atoms with Gasteiger partial charge >= 0.3 is 0 Å².